The van der Waals surface area contributed by atoms with Crippen LogP contribution in [0.3, 0.4) is 0 Å². The molecule has 0 saturated heterocycles. The summed E-state index contributed by atoms with van der Waals surface area (Å²) < 4.78 is 27.8. The zero-order valence-corrected chi connectivity index (χ0v) is 14.1. The minimum atomic E-state index is -3.95. The lowest BCUT2D eigenvalue weighted by Gasteiger charge is -2.22. The van der Waals surface area contributed by atoms with E-state index in [9.17, 15) is 18.5 Å². The fourth-order valence-corrected chi connectivity index (χ4v) is 4.81. The summed E-state index contributed by atoms with van der Waals surface area (Å²) in [7, 11) is -3.95. The molecule has 0 N–H and O–H groups in total. The lowest BCUT2D eigenvalue weighted by atomic mass is 10.2. The summed E-state index contributed by atoms with van der Waals surface area (Å²) in [5.41, 5.74) is 0.890. The van der Waals surface area contributed by atoms with Gasteiger partial charge in [0.25, 0.3) is 15.7 Å². The molecule has 0 aromatic heterocycles. The van der Waals surface area contributed by atoms with E-state index in [0.717, 1.165) is 18.4 Å². The maximum Gasteiger partial charge on any atom is 0.289 e. The Morgan fingerprint density at radius 1 is 1.12 bits per heavy atom. The van der Waals surface area contributed by atoms with Crippen LogP contribution in [0.5, 0.6) is 0 Å². The first kappa shape index (κ1) is 16.6. The zero-order chi connectivity index (χ0) is 17.3. The Bertz CT molecular complexity index is 861. The molecule has 0 atom stereocenters. The van der Waals surface area contributed by atoms with Gasteiger partial charge < -0.3 is 0 Å². The van der Waals surface area contributed by atoms with Crippen molar-refractivity contribution in [2.24, 2.45) is 0 Å². The summed E-state index contributed by atoms with van der Waals surface area (Å²) in [6, 6.07) is 13.5. The SMILES string of the molecule is Cc1cccc([N+](=O)[O-])c1S(=O)(=O)N(Cc1ccccc1)C1CC1. The summed E-state index contributed by atoms with van der Waals surface area (Å²) in [5, 5.41) is 11.3. The van der Waals surface area contributed by atoms with Gasteiger partial charge in [0.2, 0.25) is 0 Å². The molecule has 1 aliphatic carbocycles. The molecule has 0 radical (unpaired) electrons. The smallest absolute Gasteiger partial charge is 0.258 e. The van der Waals surface area contributed by atoms with Crippen molar-refractivity contribution >= 4 is 15.7 Å². The third kappa shape index (κ3) is 3.18. The molecule has 0 amide bonds. The molecular formula is C17H18N2O4S. The fourth-order valence-electron chi connectivity index (χ4n) is 2.77. The van der Waals surface area contributed by atoms with Crippen molar-refractivity contribution in [3.63, 3.8) is 0 Å². The molecule has 2 aromatic carbocycles. The predicted octanol–water partition coefficient (Wildman–Crippen LogP) is 3.26. The minimum Gasteiger partial charge on any atom is -0.258 e. The quantitative estimate of drug-likeness (QED) is 0.594. The van der Waals surface area contributed by atoms with E-state index in [1.165, 1.54) is 16.4 Å². The minimum absolute atomic E-state index is 0.0885. The van der Waals surface area contributed by atoms with E-state index >= 15 is 0 Å². The molecule has 3 rings (SSSR count). The first-order valence-corrected chi connectivity index (χ1v) is 9.15. The van der Waals surface area contributed by atoms with Crippen LogP contribution in [0, 0.1) is 17.0 Å². The molecule has 1 fully saturated rings. The van der Waals surface area contributed by atoms with E-state index in [1.54, 1.807) is 13.0 Å². The second kappa shape index (κ2) is 6.33. The summed E-state index contributed by atoms with van der Waals surface area (Å²) >= 11 is 0. The Labute approximate surface area is 140 Å². The van der Waals surface area contributed by atoms with Crippen molar-refractivity contribution in [1.29, 1.82) is 0 Å². The van der Waals surface area contributed by atoms with Gasteiger partial charge in [0.05, 0.1) is 4.92 Å². The van der Waals surface area contributed by atoms with Crippen LogP contribution >= 0.6 is 0 Å². The number of nitrogens with zero attached hydrogens (tertiary/aromatic N) is 2. The number of rotatable bonds is 6. The Hall–Kier alpha value is -2.25. The summed E-state index contributed by atoms with van der Waals surface area (Å²) in [4.78, 5) is 10.5. The molecule has 0 unspecified atom stereocenters. The van der Waals surface area contributed by atoms with Gasteiger partial charge in [0.15, 0.2) is 4.90 Å². The van der Waals surface area contributed by atoms with E-state index in [2.05, 4.69) is 0 Å². The lowest BCUT2D eigenvalue weighted by molar-refractivity contribution is -0.387. The molecule has 0 bridgehead atoms. The standard InChI is InChI=1S/C17H18N2O4S/c1-13-6-5-9-16(19(20)21)17(13)24(22,23)18(15-10-11-15)12-14-7-3-2-4-8-14/h2-9,15H,10-12H2,1H3. The largest absolute Gasteiger partial charge is 0.289 e. The number of hydrogen-bond acceptors (Lipinski definition) is 4. The third-order valence-corrected chi connectivity index (χ3v) is 6.18. The lowest BCUT2D eigenvalue weighted by Crippen LogP contribution is -2.33. The molecule has 0 aliphatic heterocycles. The monoisotopic (exact) mass is 346 g/mol. The fraction of sp³-hybridized carbons (Fsp3) is 0.294. The van der Waals surface area contributed by atoms with E-state index in [4.69, 9.17) is 0 Å². The second-order valence-electron chi connectivity index (χ2n) is 5.95. The molecule has 24 heavy (non-hydrogen) atoms. The highest BCUT2D eigenvalue weighted by molar-refractivity contribution is 7.89. The van der Waals surface area contributed by atoms with Crippen LogP contribution in [-0.4, -0.2) is 23.7 Å². The highest BCUT2D eigenvalue weighted by atomic mass is 32.2. The Morgan fingerprint density at radius 2 is 1.79 bits per heavy atom. The van der Waals surface area contributed by atoms with Gasteiger partial charge in [-0.15, -0.1) is 0 Å². The van der Waals surface area contributed by atoms with Crippen LogP contribution in [0.15, 0.2) is 53.4 Å². The topological polar surface area (TPSA) is 80.5 Å². The van der Waals surface area contributed by atoms with Gasteiger partial charge >= 0.3 is 0 Å². The van der Waals surface area contributed by atoms with Crippen LogP contribution < -0.4 is 0 Å². The normalized spacial score (nSPS) is 14.8. The molecule has 6 nitrogen and oxygen atoms in total. The van der Waals surface area contributed by atoms with Gasteiger partial charge in [-0.1, -0.05) is 42.5 Å². The highest BCUT2D eigenvalue weighted by Gasteiger charge is 2.41. The third-order valence-electron chi connectivity index (χ3n) is 4.09. The van der Waals surface area contributed by atoms with Gasteiger partial charge in [0.1, 0.15) is 0 Å². The molecule has 1 aliphatic rings. The maximum absolute atomic E-state index is 13.2. The highest BCUT2D eigenvalue weighted by Crippen LogP contribution is 2.37. The van der Waals surface area contributed by atoms with Crippen LogP contribution in [0.2, 0.25) is 0 Å². The molecule has 0 spiro atoms. The summed E-state index contributed by atoms with van der Waals surface area (Å²) in [6.45, 7) is 1.81. The van der Waals surface area contributed by atoms with E-state index in [1.807, 2.05) is 30.3 Å². The van der Waals surface area contributed by atoms with Crippen molar-refractivity contribution in [3.8, 4) is 0 Å². The predicted molar refractivity (Wildman–Crippen MR) is 90.0 cm³/mol. The maximum atomic E-state index is 13.2. The first-order chi connectivity index (χ1) is 11.4. The average molecular weight is 346 g/mol. The second-order valence-corrected chi connectivity index (χ2v) is 7.77. The van der Waals surface area contributed by atoms with E-state index in [0.29, 0.717) is 5.56 Å². The molecule has 126 valence electrons. The van der Waals surface area contributed by atoms with Crippen LogP contribution in [-0.2, 0) is 16.6 Å². The van der Waals surface area contributed by atoms with Gasteiger partial charge in [0, 0.05) is 18.7 Å². The van der Waals surface area contributed by atoms with E-state index < -0.39 is 14.9 Å². The molecule has 2 aromatic rings. The number of nitro groups is 1. The van der Waals surface area contributed by atoms with Gasteiger partial charge in [-0.05, 0) is 30.9 Å². The summed E-state index contributed by atoms with van der Waals surface area (Å²) in [5.74, 6) is 0. The van der Waals surface area contributed by atoms with Crippen molar-refractivity contribution < 1.29 is 13.3 Å². The van der Waals surface area contributed by atoms with Crippen LogP contribution in [0.1, 0.15) is 24.0 Å². The number of benzene rings is 2. The first-order valence-electron chi connectivity index (χ1n) is 7.71. The average Bonchev–Trinajstić information content (AvgIpc) is 3.37. The number of nitro benzene ring substituents is 1. The Kier molecular flexibility index (Phi) is 4.38. The van der Waals surface area contributed by atoms with Crippen LogP contribution in [0.25, 0.3) is 0 Å². The van der Waals surface area contributed by atoms with Crippen molar-refractivity contribution in [2.75, 3.05) is 0 Å². The zero-order valence-electron chi connectivity index (χ0n) is 13.3. The molecule has 0 heterocycles. The summed E-state index contributed by atoms with van der Waals surface area (Å²) in [6.07, 6.45) is 1.57. The van der Waals surface area contributed by atoms with Crippen molar-refractivity contribution in [2.45, 2.75) is 37.2 Å². The van der Waals surface area contributed by atoms with E-state index in [-0.39, 0.29) is 23.2 Å². The number of hydrogen-bond donors (Lipinski definition) is 0. The molecule has 1 saturated carbocycles. The van der Waals surface area contributed by atoms with Crippen molar-refractivity contribution in [3.05, 3.63) is 69.8 Å². The Balaban J connectivity index is 2.06. The van der Waals surface area contributed by atoms with Crippen LogP contribution in [0.4, 0.5) is 5.69 Å². The Morgan fingerprint density at radius 3 is 2.38 bits per heavy atom. The van der Waals surface area contributed by atoms with Gasteiger partial charge in [-0.3, -0.25) is 10.1 Å². The van der Waals surface area contributed by atoms with Crippen molar-refractivity contribution in [1.82, 2.24) is 4.31 Å². The van der Waals surface area contributed by atoms with Gasteiger partial charge in [-0.2, -0.15) is 4.31 Å². The number of aryl methyl sites for hydroxylation is 1. The molecular weight excluding hydrogens is 328 g/mol. The molecule has 7 heteroatoms. The van der Waals surface area contributed by atoms with Gasteiger partial charge in [-0.25, -0.2) is 8.42 Å². The number of sulfonamides is 1.